The Bertz CT molecular complexity index is 1040. The Kier molecular flexibility index (Phi) is 5.35. The summed E-state index contributed by atoms with van der Waals surface area (Å²) < 4.78 is 0. The molecule has 142 valence electrons. The maximum absolute atomic E-state index is 4.48. The van der Waals surface area contributed by atoms with E-state index in [1.165, 1.54) is 11.1 Å². The van der Waals surface area contributed by atoms with E-state index in [1.54, 1.807) is 6.33 Å². The van der Waals surface area contributed by atoms with Crippen LogP contribution in [0.3, 0.4) is 0 Å². The van der Waals surface area contributed by atoms with E-state index in [2.05, 4.69) is 94.0 Å². The molecular formula is C23H25N5. The fourth-order valence-electron chi connectivity index (χ4n) is 3.31. The first-order valence-electron chi connectivity index (χ1n) is 9.70. The Hall–Kier alpha value is -3.18. The van der Waals surface area contributed by atoms with Crippen LogP contribution in [0, 0.1) is 0 Å². The Labute approximate surface area is 165 Å². The van der Waals surface area contributed by atoms with E-state index in [1.807, 2.05) is 6.07 Å². The lowest BCUT2D eigenvalue weighted by atomic mass is 10.1. The number of nitrogens with one attached hydrogen (secondary N) is 3. The van der Waals surface area contributed by atoms with Gasteiger partial charge in [-0.1, -0.05) is 61.5 Å². The standard InChI is InChI=1S/C23H25N5/c1-3-24-14-17-9-11-19(12-10-17)21-13-20-22(25-15-26-23(20)28-21)27-16(2)18-7-5-4-6-8-18/h4-13,15-16,24H,3,14H2,1-2H3,(H2,25,26,27,28). The minimum atomic E-state index is 0.156. The maximum Gasteiger partial charge on any atom is 0.143 e. The predicted octanol–water partition coefficient (Wildman–Crippen LogP) is 4.91. The number of anilines is 1. The van der Waals surface area contributed by atoms with Crippen LogP contribution in [0.1, 0.15) is 31.0 Å². The zero-order valence-electron chi connectivity index (χ0n) is 16.2. The lowest BCUT2D eigenvalue weighted by Gasteiger charge is -2.15. The molecule has 0 aliphatic carbocycles. The van der Waals surface area contributed by atoms with Gasteiger partial charge >= 0.3 is 0 Å². The average Bonchev–Trinajstić information content (AvgIpc) is 3.18. The van der Waals surface area contributed by atoms with Crippen molar-refractivity contribution in [3.8, 4) is 11.3 Å². The van der Waals surface area contributed by atoms with Crippen LogP contribution in [0.15, 0.2) is 67.0 Å². The smallest absolute Gasteiger partial charge is 0.143 e. The Morgan fingerprint density at radius 1 is 1.00 bits per heavy atom. The topological polar surface area (TPSA) is 65.6 Å². The van der Waals surface area contributed by atoms with Crippen LogP contribution >= 0.6 is 0 Å². The maximum atomic E-state index is 4.48. The normalized spacial score (nSPS) is 12.2. The van der Waals surface area contributed by atoms with E-state index in [0.29, 0.717) is 0 Å². The molecule has 5 nitrogen and oxygen atoms in total. The van der Waals surface area contributed by atoms with Gasteiger partial charge in [0.1, 0.15) is 17.8 Å². The van der Waals surface area contributed by atoms with Crippen LogP contribution in [0.25, 0.3) is 22.3 Å². The fourth-order valence-corrected chi connectivity index (χ4v) is 3.31. The zero-order valence-corrected chi connectivity index (χ0v) is 16.2. The third kappa shape index (κ3) is 3.89. The minimum absolute atomic E-state index is 0.156. The quantitative estimate of drug-likeness (QED) is 0.432. The number of hydrogen-bond donors (Lipinski definition) is 3. The van der Waals surface area contributed by atoms with Crippen LogP contribution in [0.2, 0.25) is 0 Å². The number of H-pyrrole nitrogens is 1. The molecular weight excluding hydrogens is 346 g/mol. The highest BCUT2D eigenvalue weighted by atomic mass is 15.1. The number of nitrogens with zero attached hydrogens (tertiary/aromatic N) is 2. The van der Waals surface area contributed by atoms with E-state index in [4.69, 9.17) is 0 Å². The fraction of sp³-hybridized carbons (Fsp3) is 0.217. The van der Waals surface area contributed by atoms with Gasteiger partial charge in [-0.3, -0.25) is 0 Å². The summed E-state index contributed by atoms with van der Waals surface area (Å²) in [6, 6.07) is 21.3. The largest absolute Gasteiger partial charge is 0.363 e. The summed E-state index contributed by atoms with van der Waals surface area (Å²) in [5.41, 5.74) is 5.52. The molecule has 0 amide bonds. The number of fused-ring (bicyclic) bond motifs is 1. The summed E-state index contributed by atoms with van der Waals surface area (Å²) in [6.07, 6.45) is 1.60. The number of rotatable bonds is 7. The van der Waals surface area contributed by atoms with Crippen LogP contribution in [0.5, 0.6) is 0 Å². The van der Waals surface area contributed by atoms with Gasteiger partial charge in [0.15, 0.2) is 0 Å². The molecule has 0 radical (unpaired) electrons. The Balaban J connectivity index is 1.60. The summed E-state index contributed by atoms with van der Waals surface area (Å²) in [6.45, 7) is 6.12. The first kappa shape index (κ1) is 18.2. The second-order valence-corrected chi connectivity index (χ2v) is 6.92. The highest BCUT2D eigenvalue weighted by molar-refractivity contribution is 5.91. The van der Waals surface area contributed by atoms with Crippen molar-refractivity contribution in [2.75, 3.05) is 11.9 Å². The molecule has 0 aliphatic rings. The summed E-state index contributed by atoms with van der Waals surface area (Å²) in [5, 5.41) is 7.87. The monoisotopic (exact) mass is 371 g/mol. The van der Waals surface area contributed by atoms with Crippen molar-refractivity contribution in [2.24, 2.45) is 0 Å². The number of benzene rings is 2. The van der Waals surface area contributed by atoms with Crippen LogP contribution in [-0.2, 0) is 6.54 Å². The second-order valence-electron chi connectivity index (χ2n) is 6.92. The first-order chi connectivity index (χ1) is 13.7. The highest BCUT2D eigenvalue weighted by Gasteiger charge is 2.12. The lowest BCUT2D eigenvalue weighted by molar-refractivity contribution is 0.727. The van der Waals surface area contributed by atoms with Gasteiger partial charge in [-0.15, -0.1) is 0 Å². The van der Waals surface area contributed by atoms with E-state index in [0.717, 1.165) is 41.2 Å². The Morgan fingerprint density at radius 2 is 1.79 bits per heavy atom. The average molecular weight is 371 g/mol. The van der Waals surface area contributed by atoms with Crippen molar-refractivity contribution >= 4 is 16.9 Å². The summed E-state index contributed by atoms with van der Waals surface area (Å²) in [5.74, 6) is 0.840. The van der Waals surface area contributed by atoms with Crippen molar-refractivity contribution in [1.29, 1.82) is 0 Å². The summed E-state index contributed by atoms with van der Waals surface area (Å²) in [4.78, 5) is 12.3. The Morgan fingerprint density at radius 3 is 2.54 bits per heavy atom. The molecule has 0 aliphatic heterocycles. The molecule has 3 N–H and O–H groups in total. The molecule has 0 bridgehead atoms. The highest BCUT2D eigenvalue weighted by Crippen LogP contribution is 2.29. The second kappa shape index (κ2) is 8.23. The lowest BCUT2D eigenvalue weighted by Crippen LogP contribution is -2.11. The molecule has 0 saturated heterocycles. The predicted molar refractivity (Wildman–Crippen MR) is 115 cm³/mol. The van der Waals surface area contributed by atoms with Crippen molar-refractivity contribution in [3.05, 3.63) is 78.1 Å². The van der Waals surface area contributed by atoms with E-state index in [-0.39, 0.29) is 6.04 Å². The molecule has 0 fully saturated rings. The van der Waals surface area contributed by atoms with E-state index in [9.17, 15) is 0 Å². The molecule has 2 heterocycles. The van der Waals surface area contributed by atoms with Gasteiger partial charge in [0, 0.05) is 18.3 Å². The molecule has 1 atom stereocenters. The van der Waals surface area contributed by atoms with Crippen molar-refractivity contribution in [2.45, 2.75) is 26.4 Å². The van der Waals surface area contributed by atoms with E-state index >= 15 is 0 Å². The first-order valence-corrected chi connectivity index (χ1v) is 9.70. The zero-order chi connectivity index (χ0) is 19.3. The van der Waals surface area contributed by atoms with Crippen LogP contribution in [-0.4, -0.2) is 21.5 Å². The summed E-state index contributed by atoms with van der Waals surface area (Å²) >= 11 is 0. The van der Waals surface area contributed by atoms with Gasteiger partial charge in [0.25, 0.3) is 0 Å². The number of aromatic amines is 1. The van der Waals surface area contributed by atoms with Gasteiger partial charge in [-0.05, 0) is 36.2 Å². The van der Waals surface area contributed by atoms with Crippen LogP contribution in [0.4, 0.5) is 5.82 Å². The third-order valence-electron chi connectivity index (χ3n) is 4.92. The van der Waals surface area contributed by atoms with Crippen molar-refractivity contribution < 1.29 is 0 Å². The molecule has 0 saturated carbocycles. The van der Waals surface area contributed by atoms with Gasteiger partial charge < -0.3 is 15.6 Å². The molecule has 2 aromatic carbocycles. The van der Waals surface area contributed by atoms with Gasteiger partial charge in [0.2, 0.25) is 0 Å². The molecule has 4 rings (SSSR count). The molecule has 5 heteroatoms. The molecule has 0 spiro atoms. The minimum Gasteiger partial charge on any atom is -0.363 e. The summed E-state index contributed by atoms with van der Waals surface area (Å²) in [7, 11) is 0. The number of hydrogen-bond acceptors (Lipinski definition) is 4. The molecule has 4 aromatic rings. The van der Waals surface area contributed by atoms with E-state index < -0.39 is 0 Å². The molecule has 1 unspecified atom stereocenters. The van der Waals surface area contributed by atoms with Gasteiger partial charge in [-0.25, -0.2) is 9.97 Å². The van der Waals surface area contributed by atoms with Gasteiger partial charge in [-0.2, -0.15) is 0 Å². The number of aromatic nitrogens is 3. The SMILES string of the molecule is CCNCc1ccc(-c2cc3c(NC(C)c4ccccc4)ncnc3[nH]2)cc1. The molecule has 28 heavy (non-hydrogen) atoms. The molecule has 2 aromatic heterocycles. The van der Waals surface area contributed by atoms with Gasteiger partial charge in [0.05, 0.1) is 5.39 Å². The van der Waals surface area contributed by atoms with Crippen molar-refractivity contribution in [3.63, 3.8) is 0 Å². The third-order valence-corrected chi connectivity index (χ3v) is 4.92. The van der Waals surface area contributed by atoms with Crippen molar-refractivity contribution in [1.82, 2.24) is 20.3 Å². The van der Waals surface area contributed by atoms with Crippen LogP contribution < -0.4 is 10.6 Å².